The normalized spacial score (nSPS) is 10.5. The minimum atomic E-state index is 0.0973. The Bertz CT molecular complexity index is 749. The van der Waals surface area contributed by atoms with Gasteiger partial charge in [-0.05, 0) is 23.3 Å². The van der Waals surface area contributed by atoms with Crippen molar-refractivity contribution in [3.8, 4) is 28.3 Å². The van der Waals surface area contributed by atoms with Crippen LogP contribution in [0.3, 0.4) is 0 Å². The van der Waals surface area contributed by atoms with Crippen LogP contribution in [0.5, 0.6) is 5.75 Å². The molecule has 104 valence electrons. The number of phenols is 1. The molecule has 3 rings (SSSR count). The van der Waals surface area contributed by atoms with E-state index in [0.29, 0.717) is 5.82 Å². The van der Waals surface area contributed by atoms with Gasteiger partial charge >= 0.3 is 0 Å². The summed E-state index contributed by atoms with van der Waals surface area (Å²) in [5, 5.41) is 9.30. The van der Waals surface area contributed by atoms with Crippen molar-refractivity contribution < 1.29 is 5.11 Å². The highest BCUT2D eigenvalue weighted by atomic mass is 16.3. The predicted octanol–water partition coefficient (Wildman–Crippen LogP) is 2.08. The molecule has 0 radical (unpaired) electrons. The number of nitrogens with two attached hydrogens (primary N) is 2. The fraction of sp³-hybridized carbons (Fsp3) is 0. The average molecular weight is 279 g/mol. The summed E-state index contributed by atoms with van der Waals surface area (Å²) in [6, 6.07) is 14.7. The molecule has 3 aromatic rings. The van der Waals surface area contributed by atoms with E-state index < -0.39 is 0 Å². The fourth-order valence-corrected chi connectivity index (χ4v) is 2.00. The van der Waals surface area contributed by atoms with Crippen LogP contribution in [0, 0.1) is 0 Å². The van der Waals surface area contributed by atoms with E-state index in [1.165, 1.54) is 0 Å². The summed E-state index contributed by atoms with van der Waals surface area (Å²) in [4.78, 5) is 11.9. The molecule has 0 fully saturated rings. The lowest BCUT2D eigenvalue weighted by Crippen LogP contribution is -2.04. The van der Waals surface area contributed by atoms with Crippen molar-refractivity contribution in [2.75, 3.05) is 11.5 Å². The van der Waals surface area contributed by atoms with Crippen LogP contribution in [0.2, 0.25) is 0 Å². The first-order valence-electron chi connectivity index (χ1n) is 6.29. The highest BCUT2D eigenvalue weighted by Gasteiger charge is 2.05. The summed E-state index contributed by atoms with van der Waals surface area (Å²) in [7, 11) is 0. The smallest absolute Gasteiger partial charge is 0.225 e. The molecule has 0 aliphatic heterocycles. The lowest BCUT2D eigenvalue weighted by Gasteiger charge is -2.05. The molecular weight excluding hydrogens is 266 g/mol. The monoisotopic (exact) mass is 279 g/mol. The van der Waals surface area contributed by atoms with Crippen LogP contribution in [-0.2, 0) is 0 Å². The molecule has 0 saturated heterocycles. The molecule has 0 bridgehead atoms. The van der Waals surface area contributed by atoms with Gasteiger partial charge in [-0.15, -0.1) is 0 Å². The van der Waals surface area contributed by atoms with Gasteiger partial charge in [-0.2, -0.15) is 15.0 Å². The van der Waals surface area contributed by atoms with Gasteiger partial charge in [-0.3, -0.25) is 0 Å². The molecule has 5 N–H and O–H groups in total. The van der Waals surface area contributed by atoms with Gasteiger partial charge in [0.05, 0.1) is 0 Å². The van der Waals surface area contributed by atoms with Crippen LogP contribution in [-0.4, -0.2) is 20.1 Å². The lowest BCUT2D eigenvalue weighted by molar-refractivity contribution is 0.475. The highest BCUT2D eigenvalue weighted by molar-refractivity contribution is 5.68. The molecule has 2 aromatic carbocycles. The quantitative estimate of drug-likeness (QED) is 0.662. The summed E-state index contributed by atoms with van der Waals surface area (Å²) in [5.74, 6) is 0.879. The minimum Gasteiger partial charge on any atom is -0.508 e. The number of aromatic nitrogens is 3. The Morgan fingerprint density at radius 3 is 1.57 bits per heavy atom. The molecule has 21 heavy (non-hydrogen) atoms. The topological polar surface area (TPSA) is 111 Å². The fourth-order valence-electron chi connectivity index (χ4n) is 2.00. The Kier molecular flexibility index (Phi) is 3.12. The third-order valence-electron chi connectivity index (χ3n) is 3.01. The van der Waals surface area contributed by atoms with E-state index in [0.717, 1.165) is 16.7 Å². The van der Waals surface area contributed by atoms with Crippen molar-refractivity contribution in [1.82, 2.24) is 15.0 Å². The molecule has 0 aliphatic carbocycles. The van der Waals surface area contributed by atoms with Crippen molar-refractivity contribution in [2.24, 2.45) is 0 Å². The van der Waals surface area contributed by atoms with Gasteiger partial charge in [0, 0.05) is 5.56 Å². The second-order valence-electron chi connectivity index (χ2n) is 4.50. The van der Waals surface area contributed by atoms with E-state index in [-0.39, 0.29) is 17.6 Å². The summed E-state index contributed by atoms with van der Waals surface area (Å²) in [6.45, 7) is 0. The molecule has 0 aliphatic rings. The molecule has 6 nitrogen and oxygen atoms in total. The number of aromatic hydroxyl groups is 1. The number of hydrogen-bond acceptors (Lipinski definition) is 6. The first kappa shape index (κ1) is 12.9. The second kappa shape index (κ2) is 5.09. The van der Waals surface area contributed by atoms with Crippen molar-refractivity contribution in [3.05, 3.63) is 48.5 Å². The van der Waals surface area contributed by atoms with E-state index in [9.17, 15) is 5.11 Å². The third kappa shape index (κ3) is 2.74. The molecule has 0 spiro atoms. The van der Waals surface area contributed by atoms with Gasteiger partial charge in [0.15, 0.2) is 5.82 Å². The first-order valence-corrected chi connectivity index (χ1v) is 6.29. The van der Waals surface area contributed by atoms with Crippen molar-refractivity contribution in [1.29, 1.82) is 0 Å². The average Bonchev–Trinajstić information content (AvgIpc) is 2.47. The molecule has 6 heteroatoms. The van der Waals surface area contributed by atoms with Crippen LogP contribution in [0.15, 0.2) is 48.5 Å². The number of phenolic OH excluding ortho intramolecular Hbond substituents is 1. The number of nitrogen functional groups attached to an aromatic ring is 2. The van der Waals surface area contributed by atoms with Gasteiger partial charge < -0.3 is 16.6 Å². The van der Waals surface area contributed by atoms with Gasteiger partial charge in [-0.25, -0.2) is 0 Å². The molecule has 1 aromatic heterocycles. The minimum absolute atomic E-state index is 0.0973. The Morgan fingerprint density at radius 2 is 1.05 bits per heavy atom. The van der Waals surface area contributed by atoms with Gasteiger partial charge in [0.25, 0.3) is 0 Å². The van der Waals surface area contributed by atoms with Crippen LogP contribution < -0.4 is 11.5 Å². The number of anilines is 2. The zero-order valence-electron chi connectivity index (χ0n) is 11.1. The first-order chi connectivity index (χ1) is 10.1. The predicted molar refractivity (Wildman–Crippen MR) is 81.2 cm³/mol. The number of hydrogen-bond donors (Lipinski definition) is 3. The maximum absolute atomic E-state index is 9.30. The maximum atomic E-state index is 9.30. The number of rotatable bonds is 2. The molecule has 0 unspecified atom stereocenters. The summed E-state index contributed by atoms with van der Waals surface area (Å²) in [5.41, 5.74) is 14.0. The van der Waals surface area contributed by atoms with Gasteiger partial charge in [-0.1, -0.05) is 36.4 Å². The molecule has 0 saturated carbocycles. The van der Waals surface area contributed by atoms with Crippen molar-refractivity contribution in [3.63, 3.8) is 0 Å². The van der Waals surface area contributed by atoms with Crippen molar-refractivity contribution in [2.45, 2.75) is 0 Å². The van der Waals surface area contributed by atoms with E-state index in [1.807, 2.05) is 36.4 Å². The van der Waals surface area contributed by atoms with E-state index in [1.54, 1.807) is 12.1 Å². The zero-order valence-corrected chi connectivity index (χ0v) is 11.1. The van der Waals surface area contributed by atoms with Gasteiger partial charge in [0.1, 0.15) is 5.75 Å². The lowest BCUT2D eigenvalue weighted by atomic mass is 10.0. The zero-order chi connectivity index (χ0) is 14.8. The Hall–Kier alpha value is -3.15. The third-order valence-corrected chi connectivity index (χ3v) is 3.01. The van der Waals surface area contributed by atoms with Crippen molar-refractivity contribution >= 4 is 11.9 Å². The van der Waals surface area contributed by atoms with E-state index >= 15 is 0 Å². The Labute approximate surface area is 121 Å². The summed E-state index contributed by atoms with van der Waals surface area (Å²) in [6.07, 6.45) is 0. The van der Waals surface area contributed by atoms with Crippen LogP contribution in [0.25, 0.3) is 22.5 Å². The molecule has 1 heterocycles. The van der Waals surface area contributed by atoms with Crippen LogP contribution >= 0.6 is 0 Å². The molecular formula is C15H13N5O. The summed E-state index contributed by atoms with van der Waals surface area (Å²) < 4.78 is 0. The highest BCUT2D eigenvalue weighted by Crippen LogP contribution is 2.24. The summed E-state index contributed by atoms with van der Waals surface area (Å²) >= 11 is 0. The number of nitrogens with zero attached hydrogens (tertiary/aromatic N) is 3. The van der Waals surface area contributed by atoms with Gasteiger partial charge in [0.2, 0.25) is 11.9 Å². The van der Waals surface area contributed by atoms with Crippen LogP contribution in [0.1, 0.15) is 0 Å². The number of benzene rings is 2. The largest absolute Gasteiger partial charge is 0.508 e. The maximum Gasteiger partial charge on any atom is 0.225 e. The molecule has 0 atom stereocenters. The Morgan fingerprint density at radius 1 is 0.619 bits per heavy atom. The standard InChI is InChI=1S/C15H13N5O/c16-14-18-13(19-15(17)20-14)11-3-1-9(2-4-11)10-5-7-12(21)8-6-10/h1-8,21H,(H4,16,17,18,19,20). The second-order valence-corrected chi connectivity index (χ2v) is 4.50. The van der Waals surface area contributed by atoms with Crippen LogP contribution in [0.4, 0.5) is 11.9 Å². The Balaban J connectivity index is 1.95. The SMILES string of the molecule is Nc1nc(N)nc(-c2ccc(-c3ccc(O)cc3)cc2)n1. The van der Waals surface area contributed by atoms with E-state index in [4.69, 9.17) is 11.5 Å². The molecule has 0 amide bonds. The van der Waals surface area contributed by atoms with E-state index in [2.05, 4.69) is 15.0 Å².